The second kappa shape index (κ2) is 8.40. The van der Waals surface area contributed by atoms with Crippen LogP contribution in [0.2, 0.25) is 5.02 Å². The SMILES string of the molecule is COc1ccccc1CNC(=O)c1ccc2c(=O)nc3c(-c4ccc(Cl)cc4)n[nH]n3c2c1. The molecule has 3 aromatic carbocycles. The van der Waals surface area contributed by atoms with Gasteiger partial charge < -0.3 is 10.1 Å². The number of nitrogens with one attached hydrogen (secondary N) is 2. The largest absolute Gasteiger partial charge is 0.496 e. The van der Waals surface area contributed by atoms with Gasteiger partial charge in [0, 0.05) is 28.3 Å². The number of carbonyl (C=O) groups is 1. The van der Waals surface area contributed by atoms with Crippen LogP contribution in [0.3, 0.4) is 0 Å². The predicted octanol–water partition coefficient (Wildman–Crippen LogP) is 3.83. The Kier molecular flexibility index (Phi) is 5.27. The zero-order valence-electron chi connectivity index (χ0n) is 17.5. The first-order valence-electron chi connectivity index (χ1n) is 10.1. The van der Waals surface area contributed by atoms with Gasteiger partial charge in [0.25, 0.3) is 11.5 Å². The number of nitrogens with zero attached hydrogens (tertiary/aromatic N) is 3. The molecule has 0 atom stereocenters. The number of fused-ring (bicyclic) bond motifs is 3. The first kappa shape index (κ1) is 20.7. The highest BCUT2D eigenvalue weighted by molar-refractivity contribution is 6.30. The molecule has 5 rings (SSSR count). The number of methoxy groups -OCH3 is 1. The molecule has 2 N–H and O–H groups in total. The number of ether oxygens (including phenoxy) is 1. The van der Waals surface area contributed by atoms with Crippen LogP contribution in [0.1, 0.15) is 15.9 Å². The summed E-state index contributed by atoms with van der Waals surface area (Å²) < 4.78 is 6.93. The van der Waals surface area contributed by atoms with Gasteiger partial charge >= 0.3 is 0 Å². The minimum absolute atomic E-state index is 0.279. The van der Waals surface area contributed by atoms with Crippen molar-refractivity contribution in [2.24, 2.45) is 0 Å². The number of benzene rings is 3. The quantitative estimate of drug-likeness (QED) is 0.416. The first-order chi connectivity index (χ1) is 16.0. The second-order valence-electron chi connectivity index (χ2n) is 7.37. The van der Waals surface area contributed by atoms with Crippen LogP contribution in [0.25, 0.3) is 27.8 Å². The molecule has 0 saturated carbocycles. The summed E-state index contributed by atoms with van der Waals surface area (Å²) in [6, 6.07) is 19.4. The number of para-hydroxylation sites is 1. The summed E-state index contributed by atoms with van der Waals surface area (Å²) in [7, 11) is 1.59. The Bertz CT molecular complexity index is 1560. The van der Waals surface area contributed by atoms with E-state index in [1.807, 2.05) is 24.3 Å². The van der Waals surface area contributed by atoms with Crippen molar-refractivity contribution >= 4 is 34.1 Å². The molecular formula is C24H18ClN5O3. The van der Waals surface area contributed by atoms with Crippen LogP contribution in [0.4, 0.5) is 0 Å². The normalized spacial score (nSPS) is 11.1. The van der Waals surface area contributed by atoms with Crippen molar-refractivity contribution in [3.63, 3.8) is 0 Å². The molecule has 0 aliphatic carbocycles. The molecule has 0 aliphatic heterocycles. The van der Waals surface area contributed by atoms with E-state index in [2.05, 4.69) is 20.6 Å². The van der Waals surface area contributed by atoms with Gasteiger partial charge in [-0.15, -0.1) is 0 Å². The van der Waals surface area contributed by atoms with Crippen molar-refractivity contribution in [1.29, 1.82) is 0 Å². The number of amides is 1. The Hall–Kier alpha value is -4.17. The minimum atomic E-state index is -0.400. The van der Waals surface area contributed by atoms with E-state index < -0.39 is 5.56 Å². The molecule has 1 amide bonds. The summed E-state index contributed by atoms with van der Waals surface area (Å²) in [4.78, 5) is 29.7. The van der Waals surface area contributed by atoms with E-state index in [1.54, 1.807) is 54.1 Å². The Morgan fingerprint density at radius 2 is 1.91 bits per heavy atom. The van der Waals surface area contributed by atoms with Gasteiger partial charge in [0.05, 0.1) is 18.0 Å². The fraction of sp³-hybridized carbons (Fsp3) is 0.0833. The number of rotatable bonds is 5. The molecule has 0 spiro atoms. The van der Waals surface area contributed by atoms with Crippen molar-refractivity contribution in [1.82, 2.24) is 25.1 Å². The number of hydrogen-bond acceptors (Lipinski definition) is 5. The van der Waals surface area contributed by atoms with Crippen LogP contribution in [0.15, 0.2) is 71.5 Å². The minimum Gasteiger partial charge on any atom is -0.496 e. The van der Waals surface area contributed by atoms with E-state index >= 15 is 0 Å². The third kappa shape index (κ3) is 3.81. The van der Waals surface area contributed by atoms with Gasteiger partial charge in [-0.25, -0.2) is 9.73 Å². The maximum Gasteiger partial charge on any atom is 0.281 e. The lowest BCUT2D eigenvalue weighted by Gasteiger charge is -2.10. The van der Waals surface area contributed by atoms with Crippen molar-refractivity contribution in [3.8, 4) is 17.0 Å². The van der Waals surface area contributed by atoms with Crippen LogP contribution in [-0.2, 0) is 6.54 Å². The van der Waals surface area contributed by atoms with E-state index in [0.29, 0.717) is 45.1 Å². The first-order valence-corrected chi connectivity index (χ1v) is 10.5. The summed E-state index contributed by atoms with van der Waals surface area (Å²) in [6.45, 7) is 0.303. The van der Waals surface area contributed by atoms with Crippen LogP contribution < -0.4 is 15.6 Å². The van der Waals surface area contributed by atoms with E-state index in [-0.39, 0.29) is 5.91 Å². The van der Waals surface area contributed by atoms with Gasteiger partial charge in [-0.3, -0.25) is 9.59 Å². The highest BCUT2D eigenvalue weighted by Gasteiger charge is 2.16. The molecule has 9 heteroatoms. The number of halogens is 1. The van der Waals surface area contributed by atoms with Crippen molar-refractivity contribution in [2.75, 3.05) is 7.11 Å². The van der Waals surface area contributed by atoms with E-state index in [1.165, 1.54) is 0 Å². The smallest absolute Gasteiger partial charge is 0.281 e. The third-order valence-corrected chi connectivity index (χ3v) is 5.63. The van der Waals surface area contributed by atoms with Gasteiger partial charge in [0.15, 0.2) is 5.65 Å². The fourth-order valence-corrected chi connectivity index (χ4v) is 3.82. The fourth-order valence-electron chi connectivity index (χ4n) is 3.70. The number of aromatic amines is 1. The lowest BCUT2D eigenvalue weighted by atomic mass is 10.1. The average Bonchev–Trinajstić information content (AvgIpc) is 3.27. The standard InChI is InChI=1S/C24H18ClN5O3/c1-33-20-5-3-2-4-16(20)13-26-23(31)15-8-11-18-19(12-15)30-22(27-24(18)32)21(28-29-30)14-6-9-17(25)10-7-14/h2-12,29H,13H2,1H3,(H,26,31). The van der Waals surface area contributed by atoms with Gasteiger partial charge in [0.2, 0.25) is 0 Å². The molecule has 0 unspecified atom stereocenters. The Labute approximate surface area is 192 Å². The lowest BCUT2D eigenvalue weighted by molar-refractivity contribution is 0.0951. The molecule has 0 fully saturated rings. The van der Waals surface area contributed by atoms with Crippen LogP contribution >= 0.6 is 11.6 Å². The Balaban J connectivity index is 1.52. The molecular weight excluding hydrogens is 442 g/mol. The zero-order valence-corrected chi connectivity index (χ0v) is 18.3. The lowest BCUT2D eigenvalue weighted by Crippen LogP contribution is -2.23. The Morgan fingerprint density at radius 1 is 1.12 bits per heavy atom. The zero-order chi connectivity index (χ0) is 22.9. The van der Waals surface area contributed by atoms with E-state index in [4.69, 9.17) is 16.3 Å². The summed E-state index contributed by atoms with van der Waals surface area (Å²) in [6.07, 6.45) is 0. The molecule has 0 radical (unpaired) electrons. The van der Waals surface area contributed by atoms with Crippen molar-refractivity contribution in [2.45, 2.75) is 6.54 Å². The molecule has 164 valence electrons. The van der Waals surface area contributed by atoms with Gasteiger partial charge in [0.1, 0.15) is 11.4 Å². The maximum atomic E-state index is 12.8. The molecule has 5 aromatic rings. The summed E-state index contributed by atoms with van der Waals surface area (Å²) >= 11 is 5.98. The van der Waals surface area contributed by atoms with Gasteiger partial charge in [-0.1, -0.05) is 41.9 Å². The number of aromatic nitrogens is 4. The molecule has 0 saturated heterocycles. The maximum absolute atomic E-state index is 12.8. The number of hydrogen-bond donors (Lipinski definition) is 2. The van der Waals surface area contributed by atoms with Crippen molar-refractivity contribution < 1.29 is 9.53 Å². The number of H-pyrrole nitrogens is 1. The van der Waals surface area contributed by atoms with Gasteiger partial charge in [-0.2, -0.15) is 10.1 Å². The Morgan fingerprint density at radius 3 is 2.70 bits per heavy atom. The van der Waals surface area contributed by atoms with Crippen molar-refractivity contribution in [3.05, 3.63) is 93.2 Å². The van der Waals surface area contributed by atoms with Crippen LogP contribution in [0, 0.1) is 0 Å². The van der Waals surface area contributed by atoms with Crippen LogP contribution in [0.5, 0.6) is 5.75 Å². The summed E-state index contributed by atoms with van der Waals surface area (Å²) in [5.74, 6) is 0.418. The second-order valence-corrected chi connectivity index (χ2v) is 7.81. The molecule has 33 heavy (non-hydrogen) atoms. The average molecular weight is 460 g/mol. The highest BCUT2D eigenvalue weighted by Crippen LogP contribution is 2.24. The van der Waals surface area contributed by atoms with Crippen LogP contribution in [-0.4, -0.2) is 32.8 Å². The molecule has 0 aliphatic rings. The summed E-state index contributed by atoms with van der Waals surface area (Å²) in [5, 5.41) is 11.1. The van der Waals surface area contributed by atoms with E-state index in [9.17, 15) is 9.59 Å². The molecule has 8 nitrogen and oxygen atoms in total. The molecule has 2 heterocycles. The summed E-state index contributed by atoms with van der Waals surface area (Å²) in [5.41, 5.74) is 3.00. The third-order valence-electron chi connectivity index (χ3n) is 5.37. The highest BCUT2D eigenvalue weighted by atomic mass is 35.5. The molecule has 0 bridgehead atoms. The predicted molar refractivity (Wildman–Crippen MR) is 126 cm³/mol. The van der Waals surface area contributed by atoms with Gasteiger partial charge in [-0.05, 0) is 36.4 Å². The van der Waals surface area contributed by atoms with E-state index in [0.717, 1.165) is 11.1 Å². The topological polar surface area (TPSA) is 101 Å². The molecule has 2 aromatic heterocycles. The number of carbonyl (C=O) groups excluding carboxylic acids is 1. The monoisotopic (exact) mass is 459 g/mol.